The van der Waals surface area contributed by atoms with Crippen LogP contribution in [0.1, 0.15) is 5.56 Å². The zero-order chi connectivity index (χ0) is 11.1. The summed E-state index contributed by atoms with van der Waals surface area (Å²) >= 11 is 2.05. The van der Waals surface area contributed by atoms with Crippen LogP contribution in [0.25, 0.3) is 0 Å². The molecule has 0 radical (unpaired) electrons. The van der Waals surface area contributed by atoms with E-state index in [1.165, 1.54) is 0 Å². The lowest BCUT2D eigenvalue weighted by molar-refractivity contribution is -0.128. The quantitative estimate of drug-likeness (QED) is 0.473. The van der Waals surface area contributed by atoms with Crippen LogP contribution in [0.2, 0.25) is 0 Å². The number of nitrogens with zero attached hydrogens (tertiary/aromatic N) is 1. The van der Waals surface area contributed by atoms with Gasteiger partial charge in [-0.1, -0.05) is 58.8 Å². The van der Waals surface area contributed by atoms with Gasteiger partial charge in [0.15, 0.2) is 0 Å². The van der Waals surface area contributed by atoms with Crippen molar-refractivity contribution >= 4 is 28.5 Å². The third-order valence-electron chi connectivity index (χ3n) is 1.97. The van der Waals surface area contributed by atoms with Crippen LogP contribution in [0.5, 0.6) is 0 Å². The highest BCUT2D eigenvalue weighted by Gasteiger charge is 2.10. The van der Waals surface area contributed by atoms with Crippen LogP contribution in [0, 0.1) is 12.3 Å². The molecule has 0 N–H and O–H groups in total. The molecule has 0 aliphatic rings. The molecule has 0 saturated carbocycles. The zero-order valence-corrected chi connectivity index (χ0v) is 10.5. The second kappa shape index (κ2) is 6.46. The van der Waals surface area contributed by atoms with Gasteiger partial charge in [-0.2, -0.15) is 0 Å². The monoisotopic (exact) mass is 319 g/mol. The molecule has 0 unspecified atom stereocenters. The Bertz CT molecular complexity index is 356. The number of benzene rings is 1. The molecular formula is C12H12INO. The molecule has 1 rings (SSSR count). The van der Waals surface area contributed by atoms with Crippen LogP contribution in [-0.2, 0) is 11.3 Å². The number of carbonyl (C=O) groups is 1. The van der Waals surface area contributed by atoms with E-state index in [2.05, 4.69) is 28.5 Å². The van der Waals surface area contributed by atoms with Crippen molar-refractivity contribution in [1.29, 1.82) is 0 Å². The Balaban J connectivity index is 2.68. The van der Waals surface area contributed by atoms with Crippen LogP contribution in [-0.4, -0.2) is 21.8 Å². The van der Waals surface area contributed by atoms with Crippen molar-refractivity contribution in [3.05, 3.63) is 35.9 Å². The van der Waals surface area contributed by atoms with E-state index in [9.17, 15) is 4.79 Å². The topological polar surface area (TPSA) is 20.3 Å². The van der Waals surface area contributed by atoms with Gasteiger partial charge in [-0.25, -0.2) is 0 Å². The standard InChI is InChI=1S/C12H12INO/c1-2-8-14(12(15)9-13)10-11-6-4-3-5-7-11/h1,3-7H,8-10H2/i3+1,4+1,5+1,6+1,7+1,11+1. The van der Waals surface area contributed by atoms with Crippen LogP contribution in [0.3, 0.4) is 0 Å². The summed E-state index contributed by atoms with van der Waals surface area (Å²) in [4.78, 5) is 13.2. The van der Waals surface area contributed by atoms with Crippen LogP contribution < -0.4 is 0 Å². The summed E-state index contributed by atoms with van der Waals surface area (Å²) in [6, 6.07) is 9.85. The average molecular weight is 319 g/mol. The van der Waals surface area contributed by atoms with Crippen molar-refractivity contribution in [2.45, 2.75) is 6.54 Å². The Morgan fingerprint density at radius 2 is 2.07 bits per heavy atom. The minimum atomic E-state index is 0.0809. The SMILES string of the molecule is C#CCN(C[13c]1[13cH][13cH][13cH][13cH][13cH]1)C(=O)CI. The van der Waals surface area contributed by atoms with Gasteiger partial charge in [-0.3, -0.25) is 4.79 Å². The molecule has 0 heterocycles. The van der Waals surface area contributed by atoms with E-state index in [0.29, 0.717) is 17.5 Å². The lowest BCUT2D eigenvalue weighted by Gasteiger charge is -2.19. The predicted octanol–water partition coefficient (Wildman–Crippen LogP) is 2.08. The Hall–Kier alpha value is -1.02. The minimum Gasteiger partial charge on any atom is -0.327 e. The molecule has 1 aromatic carbocycles. The van der Waals surface area contributed by atoms with Gasteiger partial charge in [0, 0.05) is 6.54 Å². The molecule has 2 nitrogen and oxygen atoms in total. The summed E-state index contributed by atoms with van der Waals surface area (Å²) in [5.74, 6) is 2.59. The highest BCUT2D eigenvalue weighted by Crippen LogP contribution is 2.05. The number of hydrogen-bond donors (Lipinski definition) is 0. The summed E-state index contributed by atoms with van der Waals surface area (Å²) in [5.41, 5.74) is 1.10. The van der Waals surface area contributed by atoms with Crippen LogP contribution >= 0.6 is 22.6 Å². The number of halogens is 1. The van der Waals surface area contributed by atoms with Gasteiger partial charge >= 0.3 is 0 Å². The molecule has 0 fully saturated rings. The fourth-order valence-corrected chi connectivity index (χ4v) is 1.71. The predicted molar refractivity (Wildman–Crippen MR) is 69.6 cm³/mol. The number of rotatable bonds is 4. The largest absolute Gasteiger partial charge is 0.327 e. The van der Waals surface area contributed by atoms with Gasteiger partial charge in [-0.15, -0.1) is 6.42 Å². The van der Waals surface area contributed by atoms with Crippen LogP contribution in [0.15, 0.2) is 30.3 Å². The van der Waals surface area contributed by atoms with E-state index in [1.54, 1.807) is 4.90 Å². The fourth-order valence-electron chi connectivity index (χ4n) is 1.23. The number of alkyl halides is 1. The highest BCUT2D eigenvalue weighted by atomic mass is 127. The summed E-state index contributed by atoms with van der Waals surface area (Å²) in [7, 11) is 0. The van der Waals surface area contributed by atoms with E-state index >= 15 is 0 Å². The zero-order valence-electron chi connectivity index (χ0n) is 8.32. The Labute approximate surface area is 104 Å². The minimum absolute atomic E-state index is 0.0809. The number of amides is 1. The molecule has 1 aromatic rings. The molecule has 0 atom stereocenters. The van der Waals surface area contributed by atoms with Gasteiger partial charge in [0.2, 0.25) is 5.91 Å². The van der Waals surface area contributed by atoms with Gasteiger partial charge in [0.05, 0.1) is 11.0 Å². The Morgan fingerprint density at radius 1 is 1.40 bits per heavy atom. The van der Waals surface area contributed by atoms with Crippen molar-refractivity contribution in [3.63, 3.8) is 0 Å². The molecule has 0 aromatic heterocycles. The Kier molecular flexibility index (Phi) is 5.19. The third kappa shape index (κ3) is 3.92. The molecule has 0 aliphatic carbocycles. The molecule has 0 saturated heterocycles. The first-order chi connectivity index (χ1) is 7.27. The maximum atomic E-state index is 11.5. The van der Waals surface area contributed by atoms with Crippen molar-refractivity contribution < 1.29 is 4.79 Å². The van der Waals surface area contributed by atoms with E-state index in [1.807, 2.05) is 30.3 Å². The molecule has 0 bridgehead atoms. The first-order valence-electron chi connectivity index (χ1n) is 4.59. The number of hydrogen-bond acceptors (Lipinski definition) is 1. The molecule has 0 spiro atoms. The molecule has 0 aliphatic heterocycles. The van der Waals surface area contributed by atoms with Crippen molar-refractivity contribution in [2.75, 3.05) is 11.0 Å². The van der Waals surface area contributed by atoms with E-state index < -0.39 is 0 Å². The van der Waals surface area contributed by atoms with E-state index in [4.69, 9.17) is 6.42 Å². The second-order valence-electron chi connectivity index (χ2n) is 3.07. The van der Waals surface area contributed by atoms with Crippen molar-refractivity contribution in [1.82, 2.24) is 4.90 Å². The van der Waals surface area contributed by atoms with Gasteiger partial charge in [-0.05, 0) is 5.56 Å². The summed E-state index contributed by atoms with van der Waals surface area (Å²) in [6.45, 7) is 0.962. The maximum Gasteiger partial charge on any atom is 0.233 e. The number of carbonyl (C=O) groups excluding carboxylic acids is 1. The smallest absolute Gasteiger partial charge is 0.233 e. The van der Waals surface area contributed by atoms with Crippen molar-refractivity contribution in [3.8, 4) is 12.3 Å². The Morgan fingerprint density at radius 3 is 2.60 bits per heavy atom. The van der Waals surface area contributed by atoms with Crippen molar-refractivity contribution in [2.24, 2.45) is 0 Å². The summed E-state index contributed by atoms with van der Waals surface area (Å²) in [5, 5.41) is 0. The molecular weight excluding hydrogens is 307 g/mol. The first-order valence-corrected chi connectivity index (χ1v) is 6.11. The second-order valence-corrected chi connectivity index (χ2v) is 3.84. The molecule has 78 valence electrons. The van der Waals surface area contributed by atoms with Gasteiger partial charge < -0.3 is 4.90 Å². The lowest BCUT2D eigenvalue weighted by atomic mass is 10.5. The van der Waals surface area contributed by atoms with Gasteiger partial charge in [0.1, 0.15) is 0 Å². The highest BCUT2D eigenvalue weighted by molar-refractivity contribution is 14.1. The van der Waals surface area contributed by atoms with E-state index in [0.717, 1.165) is 5.56 Å². The van der Waals surface area contributed by atoms with Crippen LogP contribution in [0.4, 0.5) is 0 Å². The van der Waals surface area contributed by atoms with Gasteiger partial charge in [0.25, 0.3) is 0 Å². The normalized spacial score (nSPS) is 9.33. The molecule has 1 amide bonds. The summed E-state index contributed by atoms with van der Waals surface area (Å²) < 4.78 is 0.465. The van der Waals surface area contributed by atoms with E-state index in [-0.39, 0.29) is 5.91 Å². The molecule has 15 heavy (non-hydrogen) atoms. The summed E-state index contributed by atoms with van der Waals surface area (Å²) in [6.07, 6.45) is 5.23. The average Bonchev–Trinajstić information content (AvgIpc) is 2.29. The number of terminal acetylenes is 1. The maximum absolute atomic E-state index is 11.5. The first kappa shape index (κ1) is 12.1. The molecule has 3 heteroatoms. The third-order valence-corrected chi connectivity index (χ3v) is 2.62. The fraction of sp³-hybridized carbons (Fsp3) is 0.250. The lowest BCUT2D eigenvalue weighted by Crippen LogP contribution is -2.31.